The maximum Gasteiger partial charge on any atom is 0.341 e. The van der Waals surface area contributed by atoms with Crippen LogP contribution in [-0.4, -0.2) is 28.1 Å². The first kappa shape index (κ1) is 12.3. The number of hydrogen-bond acceptors (Lipinski definition) is 5. The maximum atomic E-state index is 11.8. The van der Waals surface area contributed by atoms with Gasteiger partial charge in [-0.25, -0.2) is 4.79 Å². The fourth-order valence-electron chi connectivity index (χ4n) is 1.17. The number of esters is 1. The monoisotopic (exact) mass is 222 g/mol. The number of aromatic nitrogens is 2. The fraction of sp³-hybridized carbons (Fsp3) is 0.455. The van der Waals surface area contributed by atoms with Crippen molar-refractivity contribution in [2.75, 3.05) is 0 Å². The minimum atomic E-state index is -0.604. The Balaban J connectivity index is 3.12. The highest BCUT2D eigenvalue weighted by atomic mass is 16.6. The molecule has 16 heavy (non-hydrogen) atoms. The van der Waals surface area contributed by atoms with E-state index in [4.69, 9.17) is 4.74 Å². The highest BCUT2D eigenvalue weighted by molar-refractivity contribution is 5.98. The number of carbonyl (C=O) groups excluding carboxylic acids is 2. The second kappa shape index (κ2) is 4.38. The Labute approximate surface area is 93.8 Å². The van der Waals surface area contributed by atoms with E-state index in [-0.39, 0.29) is 11.3 Å². The second-order valence-electron chi connectivity index (χ2n) is 4.41. The largest absolute Gasteiger partial charge is 0.456 e. The third kappa shape index (κ3) is 2.85. The van der Waals surface area contributed by atoms with Crippen molar-refractivity contribution in [1.29, 1.82) is 0 Å². The molecule has 5 heteroatoms. The number of nitrogens with zero attached hydrogens (tertiary/aromatic N) is 2. The predicted octanol–water partition coefficient (Wildman–Crippen LogP) is 1.55. The Bertz CT molecular complexity index is 422. The molecule has 0 aliphatic carbocycles. The first-order valence-corrected chi connectivity index (χ1v) is 4.86. The summed E-state index contributed by atoms with van der Waals surface area (Å²) in [6.45, 7) is 6.96. The van der Waals surface area contributed by atoms with Gasteiger partial charge in [0, 0.05) is 0 Å². The molecule has 0 spiro atoms. The highest BCUT2D eigenvalue weighted by Crippen LogP contribution is 2.15. The molecule has 0 fully saturated rings. The third-order valence-corrected chi connectivity index (χ3v) is 1.78. The predicted molar refractivity (Wildman–Crippen MR) is 57.3 cm³/mol. The number of aryl methyl sites for hydroxylation is 1. The molecule has 0 radical (unpaired) electrons. The van der Waals surface area contributed by atoms with Gasteiger partial charge in [-0.15, -0.1) is 5.10 Å². The molecular weight excluding hydrogens is 208 g/mol. The molecule has 86 valence electrons. The van der Waals surface area contributed by atoms with Gasteiger partial charge in [0.1, 0.15) is 11.3 Å². The Morgan fingerprint density at radius 2 is 2.06 bits per heavy atom. The smallest absolute Gasteiger partial charge is 0.341 e. The van der Waals surface area contributed by atoms with Crippen molar-refractivity contribution < 1.29 is 14.3 Å². The summed E-state index contributed by atoms with van der Waals surface area (Å²) in [5, 5.41) is 7.20. The van der Waals surface area contributed by atoms with E-state index in [1.54, 1.807) is 27.7 Å². The van der Waals surface area contributed by atoms with Crippen LogP contribution in [0.25, 0.3) is 0 Å². The number of rotatable bonds is 2. The number of aldehydes is 1. The lowest BCUT2D eigenvalue weighted by molar-refractivity contribution is 0.00666. The van der Waals surface area contributed by atoms with Gasteiger partial charge >= 0.3 is 5.97 Å². The zero-order valence-corrected chi connectivity index (χ0v) is 9.77. The van der Waals surface area contributed by atoms with E-state index in [0.29, 0.717) is 11.8 Å². The summed E-state index contributed by atoms with van der Waals surface area (Å²) >= 11 is 0. The van der Waals surface area contributed by atoms with Crippen LogP contribution in [0.1, 0.15) is 47.2 Å². The molecular formula is C11H14N2O3. The van der Waals surface area contributed by atoms with Gasteiger partial charge in [0.25, 0.3) is 0 Å². The van der Waals surface area contributed by atoms with Crippen LogP contribution in [0.3, 0.4) is 0 Å². The average molecular weight is 222 g/mol. The van der Waals surface area contributed by atoms with Crippen molar-refractivity contribution in [2.45, 2.75) is 33.3 Å². The molecule has 1 rings (SSSR count). The molecule has 0 aliphatic heterocycles. The molecule has 0 bridgehead atoms. The second-order valence-corrected chi connectivity index (χ2v) is 4.41. The average Bonchev–Trinajstić information content (AvgIpc) is 2.14. The molecule has 0 amide bonds. The third-order valence-electron chi connectivity index (χ3n) is 1.78. The molecule has 5 nitrogen and oxygen atoms in total. The minimum Gasteiger partial charge on any atom is -0.456 e. The van der Waals surface area contributed by atoms with Gasteiger partial charge in [-0.2, -0.15) is 5.10 Å². The molecule has 0 N–H and O–H groups in total. The van der Waals surface area contributed by atoms with Crippen LogP contribution < -0.4 is 0 Å². The molecule has 1 aromatic rings. The van der Waals surface area contributed by atoms with Gasteiger partial charge in [-0.3, -0.25) is 4.79 Å². The van der Waals surface area contributed by atoms with Gasteiger partial charge in [0.2, 0.25) is 0 Å². The van der Waals surface area contributed by atoms with Crippen LogP contribution in [0.15, 0.2) is 6.20 Å². The Hall–Kier alpha value is -1.78. The van der Waals surface area contributed by atoms with E-state index in [1.165, 1.54) is 6.20 Å². The molecule has 0 saturated carbocycles. The summed E-state index contributed by atoms with van der Waals surface area (Å²) < 4.78 is 5.18. The lowest BCUT2D eigenvalue weighted by Crippen LogP contribution is -2.25. The maximum absolute atomic E-state index is 11.8. The highest BCUT2D eigenvalue weighted by Gasteiger charge is 2.22. The molecule has 0 aromatic carbocycles. The molecule has 0 atom stereocenters. The van der Waals surface area contributed by atoms with Crippen LogP contribution in [0.5, 0.6) is 0 Å². The summed E-state index contributed by atoms with van der Waals surface area (Å²) in [6, 6.07) is 0. The minimum absolute atomic E-state index is 0.00856. The van der Waals surface area contributed by atoms with Crippen molar-refractivity contribution in [3.05, 3.63) is 23.0 Å². The topological polar surface area (TPSA) is 69.2 Å². The summed E-state index contributed by atoms with van der Waals surface area (Å²) in [7, 11) is 0. The fourth-order valence-corrected chi connectivity index (χ4v) is 1.17. The molecule has 1 aromatic heterocycles. The van der Waals surface area contributed by atoms with Crippen molar-refractivity contribution >= 4 is 12.3 Å². The number of ether oxygens (including phenoxy) is 1. The standard InChI is InChI=1S/C11H14N2O3/c1-7-5-12-13-8(6-14)9(7)10(15)16-11(2,3)4/h5-6H,1-4H3. The first-order valence-electron chi connectivity index (χ1n) is 4.86. The molecule has 0 saturated heterocycles. The van der Waals surface area contributed by atoms with Crippen molar-refractivity contribution in [2.24, 2.45) is 0 Å². The zero-order chi connectivity index (χ0) is 12.3. The van der Waals surface area contributed by atoms with Crippen LogP contribution in [0, 0.1) is 6.92 Å². The lowest BCUT2D eigenvalue weighted by Gasteiger charge is -2.20. The zero-order valence-electron chi connectivity index (χ0n) is 9.77. The van der Waals surface area contributed by atoms with Gasteiger partial charge < -0.3 is 4.74 Å². The van der Waals surface area contributed by atoms with Crippen LogP contribution in [0.2, 0.25) is 0 Å². The SMILES string of the molecule is Cc1cnnc(C=O)c1C(=O)OC(C)(C)C. The summed E-state index contributed by atoms with van der Waals surface area (Å²) in [4.78, 5) is 22.6. The quantitative estimate of drug-likeness (QED) is 0.561. The molecule has 0 unspecified atom stereocenters. The van der Waals surface area contributed by atoms with Crippen LogP contribution in [0.4, 0.5) is 0 Å². The van der Waals surface area contributed by atoms with Gasteiger partial charge in [0.15, 0.2) is 6.29 Å². The van der Waals surface area contributed by atoms with Crippen molar-refractivity contribution in [3.8, 4) is 0 Å². The van der Waals surface area contributed by atoms with E-state index in [2.05, 4.69) is 10.2 Å². The Kier molecular flexibility index (Phi) is 3.37. The van der Waals surface area contributed by atoms with E-state index in [9.17, 15) is 9.59 Å². The van der Waals surface area contributed by atoms with E-state index < -0.39 is 11.6 Å². The Morgan fingerprint density at radius 3 is 2.56 bits per heavy atom. The molecule has 1 heterocycles. The van der Waals surface area contributed by atoms with E-state index in [1.807, 2.05) is 0 Å². The molecule has 0 aliphatic rings. The van der Waals surface area contributed by atoms with Gasteiger partial charge in [-0.05, 0) is 33.3 Å². The lowest BCUT2D eigenvalue weighted by atomic mass is 10.1. The van der Waals surface area contributed by atoms with Gasteiger partial charge in [0.05, 0.1) is 11.8 Å². The normalized spacial score (nSPS) is 11.0. The van der Waals surface area contributed by atoms with E-state index >= 15 is 0 Å². The van der Waals surface area contributed by atoms with E-state index in [0.717, 1.165) is 0 Å². The summed E-state index contributed by atoms with van der Waals surface area (Å²) in [5.74, 6) is -0.554. The van der Waals surface area contributed by atoms with Crippen molar-refractivity contribution in [1.82, 2.24) is 10.2 Å². The Morgan fingerprint density at radius 1 is 1.44 bits per heavy atom. The summed E-state index contributed by atoms with van der Waals surface area (Å²) in [5.41, 5.74) is 0.160. The van der Waals surface area contributed by atoms with Crippen LogP contribution >= 0.6 is 0 Å². The first-order chi connectivity index (χ1) is 7.35. The van der Waals surface area contributed by atoms with Crippen molar-refractivity contribution in [3.63, 3.8) is 0 Å². The number of hydrogen-bond donors (Lipinski definition) is 0. The number of carbonyl (C=O) groups is 2. The van der Waals surface area contributed by atoms with Crippen LogP contribution in [-0.2, 0) is 4.74 Å². The van der Waals surface area contributed by atoms with Gasteiger partial charge in [-0.1, -0.05) is 0 Å². The summed E-state index contributed by atoms with van der Waals surface area (Å²) in [6.07, 6.45) is 1.92.